The zero-order valence-electron chi connectivity index (χ0n) is 13.0. The van der Waals surface area contributed by atoms with E-state index in [1.165, 1.54) is 6.92 Å². The lowest BCUT2D eigenvalue weighted by molar-refractivity contribution is -0.115. The normalized spacial score (nSPS) is 19.8. The van der Waals surface area contributed by atoms with Crippen molar-refractivity contribution in [1.82, 2.24) is 0 Å². The van der Waals surface area contributed by atoms with Gasteiger partial charge in [-0.25, -0.2) is 0 Å². The maximum atomic E-state index is 12.6. The molecule has 4 rings (SSSR count). The highest BCUT2D eigenvalue weighted by Crippen LogP contribution is 2.53. The Bertz CT molecular complexity index is 810. The van der Waals surface area contributed by atoms with Gasteiger partial charge in [-0.3, -0.25) is 9.59 Å². The Morgan fingerprint density at radius 2 is 1.87 bits per heavy atom. The molecule has 0 saturated heterocycles. The molecule has 118 valence electrons. The predicted molar refractivity (Wildman–Crippen MR) is 87.3 cm³/mol. The van der Waals surface area contributed by atoms with Crippen LogP contribution in [-0.4, -0.2) is 11.7 Å². The molecule has 2 aromatic carbocycles. The van der Waals surface area contributed by atoms with Crippen LogP contribution in [0, 0.1) is 6.92 Å². The molecule has 4 N–H and O–H groups in total. The number of ether oxygens (including phenoxy) is 1. The Labute approximate surface area is 134 Å². The molecule has 1 aliphatic heterocycles. The predicted octanol–water partition coefficient (Wildman–Crippen LogP) is 2.48. The van der Waals surface area contributed by atoms with Gasteiger partial charge in [0.25, 0.3) is 0 Å². The molecule has 2 atom stereocenters. The molecule has 2 aliphatic rings. The van der Waals surface area contributed by atoms with E-state index in [-0.39, 0.29) is 23.7 Å². The number of rotatable bonds is 0. The van der Waals surface area contributed by atoms with E-state index in [1.54, 1.807) is 6.07 Å². The quantitative estimate of drug-likeness (QED) is 0.731. The summed E-state index contributed by atoms with van der Waals surface area (Å²) in [5.74, 6) is 0.346. The second-order valence-corrected chi connectivity index (χ2v) is 5.84. The summed E-state index contributed by atoms with van der Waals surface area (Å²) < 4.78 is 5.96. The second kappa shape index (κ2) is 5.43. The van der Waals surface area contributed by atoms with Gasteiger partial charge in [0, 0.05) is 29.3 Å². The number of amides is 1. The maximum Gasteiger partial charge on any atom is 0.214 e. The number of aryl methyl sites for hydroxylation is 1. The van der Waals surface area contributed by atoms with Crippen LogP contribution in [0.3, 0.4) is 0 Å². The van der Waals surface area contributed by atoms with Crippen LogP contribution >= 0.6 is 0 Å². The summed E-state index contributed by atoms with van der Waals surface area (Å²) in [6, 6.07) is 11.6. The van der Waals surface area contributed by atoms with Crippen LogP contribution in [-0.2, 0) is 4.79 Å². The largest absolute Gasteiger partial charge is 0.484 e. The third kappa shape index (κ3) is 2.44. The molecule has 0 radical (unpaired) electrons. The smallest absolute Gasteiger partial charge is 0.214 e. The Morgan fingerprint density at radius 3 is 2.57 bits per heavy atom. The number of nitrogens with two attached hydrogens (primary N) is 2. The van der Waals surface area contributed by atoms with Crippen molar-refractivity contribution in [3.05, 3.63) is 58.7 Å². The van der Waals surface area contributed by atoms with Crippen LogP contribution in [0.4, 0.5) is 5.69 Å². The molecule has 0 aromatic heterocycles. The number of Topliss-reactive ketones (excluding diaryl/α,β-unsaturated/α-hetero) is 1. The van der Waals surface area contributed by atoms with E-state index in [9.17, 15) is 9.59 Å². The first-order valence-corrected chi connectivity index (χ1v) is 7.36. The SMILES string of the molecule is CC(N)=O.Cc1ccc2c(c1)C1C(=O)c3c(N)cccc3C1O2. The van der Waals surface area contributed by atoms with E-state index >= 15 is 0 Å². The van der Waals surface area contributed by atoms with E-state index in [0.29, 0.717) is 11.3 Å². The number of hydrogen-bond donors (Lipinski definition) is 2. The third-order valence-corrected chi connectivity index (χ3v) is 4.02. The summed E-state index contributed by atoms with van der Waals surface area (Å²) >= 11 is 0. The van der Waals surface area contributed by atoms with E-state index in [1.807, 2.05) is 37.3 Å². The Morgan fingerprint density at radius 1 is 1.17 bits per heavy atom. The van der Waals surface area contributed by atoms with Gasteiger partial charge in [0.1, 0.15) is 11.9 Å². The third-order valence-electron chi connectivity index (χ3n) is 4.02. The molecule has 0 saturated carbocycles. The van der Waals surface area contributed by atoms with Crippen molar-refractivity contribution in [2.45, 2.75) is 25.9 Å². The van der Waals surface area contributed by atoms with Crippen molar-refractivity contribution < 1.29 is 14.3 Å². The lowest BCUT2D eigenvalue weighted by Crippen LogP contribution is -2.08. The standard InChI is InChI=1S/C16H13NO2.C2H5NO/c1-8-5-6-12-10(7-8)14-15(18)13-9(16(14)19-12)3-2-4-11(13)17;1-2(3)4/h2-7,14,16H,17H2,1H3;1H3,(H2,3,4). The van der Waals surface area contributed by atoms with Crippen LogP contribution in [0.1, 0.15) is 46.0 Å². The van der Waals surface area contributed by atoms with Crippen molar-refractivity contribution in [3.63, 3.8) is 0 Å². The first-order valence-electron chi connectivity index (χ1n) is 7.36. The fraction of sp³-hybridized carbons (Fsp3) is 0.222. The molecule has 1 aliphatic carbocycles. The second-order valence-electron chi connectivity index (χ2n) is 5.84. The average Bonchev–Trinajstić information content (AvgIpc) is 2.96. The van der Waals surface area contributed by atoms with Gasteiger partial charge in [0.2, 0.25) is 5.91 Å². The number of benzene rings is 2. The molecule has 2 unspecified atom stereocenters. The van der Waals surface area contributed by atoms with E-state index in [2.05, 4.69) is 5.73 Å². The molecule has 1 heterocycles. The van der Waals surface area contributed by atoms with Gasteiger partial charge in [-0.1, -0.05) is 29.8 Å². The fourth-order valence-electron chi connectivity index (χ4n) is 3.17. The number of hydrogen-bond acceptors (Lipinski definition) is 4. The van der Waals surface area contributed by atoms with Crippen LogP contribution < -0.4 is 16.2 Å². The van der Waals surface area contributed by atoms with Crippen LogP contribution in [0.15, 0.2) is 36.4 Å². The number of nitrogen functional groups attached to an aromatic ring is 1. The van der Waals surface area contributed by atoms with Gasteiger partial charge in [-0.2, -0.15) is 0 Å². The topological polar surface area (TPSA) is 95.4 Å². The molecule has 5 heteroatoms. The van der Waals surface area contributed by atoms with Gasteiger partial charge in [0.05, 0.1) is 5.92 Å². The number of ketones is 1. The van der Waals surface area contributed by atoms with Crippen molar-refractivity contribution in [3.8, 4) is 5.75 Å². The van der Waals surface area contributed by atoms with Crippen LogP contribution in [0.5, 0.6) is 5.75 Å². The Kier molecular flexibility index (Phi) is 3.56. The number of carbonyl (C=O) groups is 2. The molecular weight excluding hydrogens is 292 g/mol. The molecule has 1 amide bonds. The lowest BCUT2D eigenvalue weighted by Gasteiger charge is -2.09. The highest BCUT2D eigenvalue weighted by molar-refractivity contribution is 6.10. The summed E-state index contributed by atoms with van der Waals surface area (Å²) in [5.41, 5.74) is 14.7. The molecule has 5 nitrogen and oxygen atoms in total. The minimum Gasteiger partial charge on any atom is -0.484 e. The molecule has 2 aromatic rings. The van der Waals surface area contributed by atoms with Crippen LogP contribution in [0.2, 0.25) is 0 Å². The number of fused-ring (bicyclic) bond motifs is 5. The monoisotopic (exact) mass is 310 g/mol. The number of anilines is 1. The van der Waals surface area contributed by atoms with Crippen molar-refractivity contribution in [2.24, 2.45) is 5.73 Å². The average molecular weight is 310 g/mol. The summed E-state index contributed by atoms with van der Waals surface area (Å²) in [6.45, 7) is 3.33. The van der Waals surface area contributed by atoms with Crippen molar-refractivity contribution in [1.29, 1.82) is 0 Å². The van der Waals surface area contributed by atoms with Crippen molar-refractivity contribution >= 4 is 17.4 Å². The molecule has 23 heavy (non-hydrogen) atoms. The lowest BCUT2D eigenvalue weighted by atomic mass is 9.94. The first-order chi connectivity index (χ1) is 10.9. The highest BCUT2D eigenvalue weighted by Gasteiger charge is 2.48. The fourth-order valence-corrected chi connectivity index (χ4v) is 3.17. The van der Waals surface area contributed by atoms with E-state index in [4.69, 9.17) is 10.5 Å². The van der Waals surface area contributed by atoms with Crippen molar-refractivity contribution in [2.75, 3.05) is 5.73 Å². The highest BCUT2D eigenvalue weighted by atomic mass is 16.5. The minimum absolute atomic E-state index is 0.0856. The molecule has 0 fully saturated rings. The van der Waals surface area contributed by atoms with Gasteiger partial charge in [0.15, 0.2) is 5.78 Å². The molecule has 0 bridgehead atoms. The Balaban J connectivity index is 0.000000354. The Hall–Kier alpha value is -2.82. The molecule has 0 spiro atoms. The summed E-state index contributed by atoms with van der Waals surface area (Å²) in [5, 5.41) is 0. The molecular formula is C18H18N2O3. The van der Waals surface area contributed by atoms with E-state index < -0.39 is 0 Å². The summed E-state index contributed by atoms with van der Waals surface area (Å²) in [6.07, 6.45) is -0.206. The minimum atomic E-state index is -0.333. The van der Waals surface area contributed by atoms with Gasteiger partial charge >= 0.3 is 0 Å². The van der Waals surface area contributed by atoms with Gasteiger partial charge in [-0.15, -0.1) is 0 Å². The summed E-state index contributed by atoms with van der Waals surface area (Å²) in [4.78, 5) is 21.8. The van der Waals surface area contributed by atoms with Gasteiger partial charge in [-0.05, 0) is 19.1 Å². The zero-order valence-corrected chi connectivity index (χ0v) is 13.0. The number of carbonyl (C=O) groups excluding carboxylic acids is 2. The van der Waals surface area contributed by atoms with E-state index in [0.717, 1.165) is 22.4 Å². The van der Waals surface area contributed by atoms with Crippen LogP contribution in [0.25, 0.3) is 0 Å². The first kappa shape index (κ1) is 15.1. The summed E-state index contributed by atoms with van der Waals surface area (Å²) in [7, 11) is 0. The maximum absolute atomic E-state index is 12.6. The zero-order chi connectivity index (χ0) is 16.7. The van der Waals surface area contributed by atoms with Gasteiger partial charge < -0.3 is 16.2 Å². The number of primary amides is 1.